The summed E-state index contributed by atoms with van der Waals surface area (Å²) in [5.41, 5.74) is 5.77. The predicted molar refractivity (Wildman–Crippen MR) is 82.1 cm³/mol. The quantitative estimate of drug-likeness (QED) is 0.823. The Bertz CT molecular complexity index is 409. The van der Waals surface area contributed by atoms with Gasteiger partial charge in [-0.1, -0.05) is 13.8 Å². The molecule has 0 unspecified atom stereocenters. The van der Waals surface area contributed by atoms with E-state index >= 15 is 0 Å². The Balaban J connectivity index is 2.08. The molecule has 2 rings (SSSR count). The molecule has 20 heavy (non-hydrogen) atoms. The van der Waals surface area contributed by atoms with Crippen LogP contribution < -0.4 is 5.73 Å². The summed E-state index contributed by atoms with van der Waals surface area (Å²) < 4.78 is 27.2. The van der Waals surface area contributed by atoms with Gasteiger partial charge in [-0.2, -0.15) is 0 Å². The van der Waals surface area contributed by atoms with Gasteiger partial charge in [-0.15, -0.1) is 0 Å². The smallest absolute Gasteiger partial charge is 0.217 e. The normalized spacial score (nSPS) is 29.6. The first-order valence-electron chi connectivity index (χ1n) is 7.99. The first-order chi connectivity index (χ1) is 9.54. The van der Waals surface area contributed by atoms with Crippen LogP contribution in [0, 0.1) is 0 Å². The van der Waals surface area contributed by atoms with Crippen molar-refractivity contribution in [1.29, 1.82) is 0 Å². The molecule has 0 aromatic heterocycles. The zero-order chi connectivity index (χ0) is 14.8. The van der Waals surface area contributed by atoms with E-state index in [1.807, 2.05) is 13.8 Å². The molecule has 2 N–H and O–H groups in total. The van der Waals surface area contributed by atoms with E-state index in [4.69, 9.17) is 5.73 Å². The molecule has 2 heterocycles. The number of nitrogens with two attached hydrogens (primary N) is 1. The molecule has 2 atom stereocenters. The number of hydrogen-bond acceptors (Lipinski definition) is 4. The van der Waals surface area contributed by atoms with Crippen LogP contribution in [0.5, 0.6) is 0 Å². The highest BCUT2D eigenvalue weighted by Crippen LogP contribution is 2.30. The van der Waals surface area contributed by atoms with Crippen molar-refractivity contribution in [2.75, 3.05) is 26.2 Å². The fourth-order valence-corrected chi connectivity index (χ4v) is 5.61. The number of nitrogens with zero attached hydrogens (tertiary/aromatic N) is 2. The van der Waals surface area contributed by atoms with Crippen molar-refractivity contribution in [3.05, 3.63) is 0 Å². The van der Waals surface area contributed by atoms with Crippen molar-refractivity contribution < 1.29 is 8.42 Å². The van der Waals surface area contributed by atoms with Gasteiger partial charge in [0, 0.05) is 31.7 Å². The second-order valence-corrected chi connectivity index (χ2v) is 8.28. The van der Waals surface area contributed by atoms with Crippen molar-refractivity contribution in [2.45, 2.75) is 63.3 Å². The van der Waals surface area contributed by atoms with E-state index in [1.54, 1.807) is 4.31 Å². The van der Waals surface area contributed by atoms with Crippen molar-refractivity contribution in [3.8, 4) is 0 Å². The minimum atomic E-state index is -3.14. The van der Waals surface area contributed by atoms with E-state index < -0.39 is 10.0 Å². The minimum absolute atomic E-state index is 0.222. The van der Waals surface area contributed by atoms with Gasteiger partial charge >= 0.3 is 0 Å². The van der Waals surface area contributed by atoms with Gasteiger partial charge in [0.2, 0.25) is 10.0 Å². The molecule has 0 aliphatic carbocycles. The van der Waals surface area contributed by atoms with Gasteiger partial charge in [-0.25, -0.2) is 12.7 Å². The Labute approximate surface area is 123 Å². The fourth-order valence-electron chi connectivity index (χ4n) is 3.58. The predicted octanol–water partition coefficient (Wildman–Crippen LogP) is 1.00. The van der Waals surface area contributed by atoms with E-state index in [1.165, 1.54) is 0 Å². The molecule has 2 saturated heterocycles. The van der Waals surface area contributed by atoms with Crippen molar-refractivity contribution in [1.82, 2.24) is 9.21 Å². The van der Waals surface area contributed by atoms with Crippen LogP contribution in [0.1, 0.15) is 46.0 Å². The minimum Gasteiger partial charge on any atom is -0.329 e. The summed E-state index contributed by atoms with van der Waals surface area (Å²) in [5.74, 6) is 0. The van der Waals surface area contributed by atoms with Gasteiger partial charge in [-0.3, -0.25) is 4.90 Å². The first-order valence-corrected chi connectivity index (χ1v) is 9.49. The van der Waals surface area contributed by atoms with Gasteiger partial charge in [0.15, 0.2) is 0 Å². The topological polar surface area (TPSA) is 66.6 Å². The zero-order valence-electron chi connectivity index (χ0n) is 12.8. The molecule has 0 bridgehead atoms. The lowest BCUT2D eigenvalue weighted by Gasteiger charge is -2.51. The van der Waals surface area contributed by atoms with Crippen molar-refractivity contribution in [2.24, 2.45) is 5.73 Å². The highest BCUT2D eigenvalue weighted by atomic mass is 32.2. The molecule has 2 aliphatic heterocycles. The lowest BCUT2D eigenvalue weighted by atomic mass is 9.91. The third-order valence-corrected chi connectivity index (χ3v) is 7.49. The van der Waals surface area contributed by atoms with Gasteiger partial charge in [0.1, 0.15) is 0 Å². The number of hydrogen-bond donors (Lipinski definition) is 1. The standard InChI is InChI=1S/C14H29N3O2S/c1-3-14(4-2)20(18,19)16-7-5-6-8-17-12(10-15)9-13(17)11-16/h12-14H,3-11,15H2,1-2H3/t12-,13+/m0/s1. The van der Waals surface area contributed by atoms with Crippen LogP contribution in [0.4, 0.5) is 0 Å². The molecule has 0 saturated carbocycles. The Morgan fingerprint density at radius 3 is 2.45 bits per heavy atom. The summed E-state index contributed by atoms with van der Waals surface area (Å²) in [6.45, 7) is 7.05. The van der Waals surface area contributed by atoms with E-state index in [0.29, 0.717) is 44.6 Å². The van der Waals surface area contributed by atoms with Crippen molar-refractivity contribution in [3.63, 3.8) is 0 Å². The fraction of sp³-hybridized carbons (Fsp3) is 1.00. The molecular weight excluding hydrogens is 274 g/mol. The highest BCUT2D eigenvalue weighted by Gasteiger charge is 2.41. The average molecular weight is 303 g/mol. The summed E-state index contributed by atoms with van der Waals surface area (Å²) in [6, 6.07) is 0.851. The number of rotatable bonds is 5. The maximum Gasteiger partial charge on any atom is 0.217 e. The van der Waals surface area contributed by atoms with Gasteiger partial charge < -0.3 is 5.73 Å². The Kier molecular flexibility index (Phi) is 5.45. The summed E-state index contributed by atoms with van der Waals surface area (Å²) >= 11 is 0. The van der Waals surface area contributed by atoms with Gasteiger partial charge in [0.05, 0.1) is 5.25 Å². The van der Waals surface area contributed by atoms with Crippen LogP contribution in [0.25, 0.3) is 0 Å². The highest BCUT2D eigenvalue weighted by molar-refractivity contribution is 7.89. The van der Waals surface area contributed by atoms with Crippen LogP contribution in [0.2, 0.25) is 0 Å². The number of fused-ring (bicyclic) bond motifs is 1. The molecule has 0 spiro atoms. The largest absolute Gasteiger partial charge is 0.329 e. The molecule has 5 nitrogen and oxygen atoms in total. The molecular formula is C14H29N3O2S. The molecule has 2 fully saturated rings. The van der Waals surface area contributed by atoms with Crippen LogP contribution in [-0.2, 0) is 10.0 Å². The summed E-state index contributed by atoms with van der Waals surface area (Å²) in [4.78, 5) is 2.41. The average Bonchev–Trinajstić information content (AvgIpc) is 2.38. The molecule has 0 radical (unpaired) electrons. The number of sulfonamides is 1. The third kappa shape index (κ3) is 3.03. The third-order valence-electron chi connectivity index (χ3n) is 4.93. The van der Waals surface area contributed by atoms with Gasteiger partial charge in [-0.05, 0) is 38.6 Å². The Morgan fingerprint density at radius 2 is 1.85 bits per heavy atom. The van der Waals surface area contributed by atoms with E-state index in [0.717, 1.165) is 25.8 Å². The molecule has 0 aromatic rings. The Hall–Kier alpha value is -0.170. The first kappa shape index (κ1) is 16.2. The van der Waals surface area contributed by atoms with E-state index in [-0.39, 0.29) is 5.25 Å². The molecule has 2 aliphatic rings. The van der Waals surface area contributed by atoms with Crippen LogP contribution in [-0.4, -0.2) is 61.1 Å². The second kappa shape index (κ2) is 6.73. The lowest BCUT2D eigenvalue weighted by Crippen LogP contribution is -2.64. The summed E-state index contributed by atoms with van der Waals surface area (Å²) in [5, 5.41) is -0.222. The second-order valence-electron chi connectivity index (χ2n) is 6.07. The lowest BCUT2D eigenvalue weighted by molar-refractivity contribution is 0.00114. The van der Waals surface area contributed by atoms with E-state index in [2.05, 4.69) is 4.90 Å². The summed E-state index contributed by atoms with van der Waals surface area (Å²) in [6.07, 6.45) is 4.48. The van der Waals surface area contributed by atoms with Crippen LogP contribution >= 0.6 is 0 Å². The van der Waals surface area contributed by atoms with Crippen LogP contribution in [0.3, 0.4) is 0 Å². The maximum absolute atomic E-state index is 12.7. The molecule has 6 heteroatoms. The molecule has 0 amide bonds. The van der Waals surface area contributed by atoms with Crippen LogP contribution in [0.15, 0.2) is 0 Å². The maximum atomic E-state index is 12.7. The molecule has 0 aromatic carbocycles. The van der Waals surface area contributed by atoms with Crippen molar-refractivity contribution >= 4 is 10.0 Å². The monoisotopic (exact) mass is 303 g/mol. The molecule has 118 valence electrons. The zero-order valence-corrected chi connectivity index (χ0v) is 13.6. The Morgan fingerprint density at radius 1 is 1.20 bits per heavy atom. The van der Waals surface area contributed by atoms with E-state index in [9.17, 15) is 8.42 Å². The summed E-state index contributed by atoms with van der Waals surface area (Å²) in [7, 11) is -3.14. The van der Waals surface area contributed by atoms with Gasteiger partial charge in [0.25, 0.3) is 0 Å². The SMILES string of the molecule is CCC(CC)S(=O)(=O)N1CCCCN2[C@H](CN)C[C@@H]2C1.